The first-order valence-electron chi connectivity index (χ1n) is 7.23. The molecule has 5 heteroatoms. The molecule has 0 aromatic rings. The summed E-state index contributed by atoms with van der Waals surface area (Å²) in [6, 6.07) is 0.612. The average molecular weight is 382 g/mol. The van der Waals surface area contributed by atoms with Gasteiger partial charge in [0.25, 0.3) is 0 Å². The van der Waals surface area contributed by atoms with E-state index in [0.717, 1.165) is 31.4 Å². The molecule has 1 aliphatic rings. The summed E-state index contributed by atoms with van der Waals surface area (Å²) in [4.78, 5) is 6.51. The van der Waals surface area contributed by atoms with Gasteiger partial charge in [0.2, 0.25) is 0 Å². The van der Waals surface area contributed by atoms with E-state index in [4.69, 9.17) is 0 Å². The van der Waals surface area contributed by atoms with Crippen molar-refractivity contribution < 1.29 is 0 Å². The number of rotatable bonds is 5. The summed E-state index contributed by atoms with van der Waals surface area (Å²) in [7, 11) is 6.07. The Morgan fingerprint density at radius 1 is 1.21 bits per heavy atom. The topological polar surface area (TPSA) is 39.7 Å². The number of hydrogen-bond donors (Lipinski definition) is 2. The standard InChI is InChI=1S/C14H30N4.HI/c1-12-6-8-13(9-7-12)17-14(15-2)16-10-5-11-18(3)4;/h12-13H,5-11H2,1-4H3,(H2,15,16,17);1H. The van der Waals surface area contributed by atoms with E-state index in [1.807, 2.05) is 7.05 Å². The largest absolute Gasteiger partial charge is 0.356 e. The number of nitrogens with zero attached hydrogens (tertiary/aromatic N) is 2. The molecule has 0 unspecified atom stereocenters. The number of aliphatic imine (C=N–C) groups is 1. The van der Waals surface area contributed by atoms with Gasteiger partial charge in [-0.25, -0.2) is 0 Å². The van der Waals surface area contributed by atoms with Crippen LogP contribution in [0.2, 0.25) is 0 Å². The smallest absolute Gasteiger partial charge is 0.191 e. The molecule has 19 heavy (non-hydrogen) atoms. The summed E-state index contributed by atoms with van der Waals surface area (Å²) in [5.74, 6) is 1.87. The maximum Gasteiger partial charge on any atom is 0.191 e. The molecule has 114 valence electrons. The van der Waals surface area contributed by atoms with Gasteiger partial charge in [0.1, 0.15) is 0 Å². The summed E-state index contributed by atoms with van der Waals surface area (Å²) >= 11 is 0. The Balaban J connectivity index is 0.00000324. The molecule has 0 aliphatic heterocycles. The van der Waals surface area contributed by atoms with Crippen molar-refractivity contribution in [1.82, 2.24) is 15.5 Å². The normalized spacial score (nSPS) is 23.9. The molecule has 0 heterocycles. The van der Waals surface area contributed by atoms with Crippen molar-refractivity contribution in [2.75, 3.05) is 34.2 Å². The van der Waals surface area contributed by atoms with E-state index in [1.54, 1.807) is 0 Å². The lowest BCUT2D eigenvalue weighted by Crippen LogP contribution is -2.45. The lowest BCUT2D eigenvalue weighted by atomic mass is 9.87. The summed E-state index contributed by atoms with van der Waals surface area (Å²) < 4.78 is 0. The molecule has 0 aromatic heterocycles. The fraction of sp³-hybridized carbons (Fsp3) is 0.929. The molecule has 0 atom stereocenters. The molecular weight excluding hydrogens is 351 g/mol. The van der Waals surface area contributed by atoms with Crippen molar-refractivity contribution in [3.8, 4) is 0 Å². The van der Waals surface area contributed by atoms with Gasteiger partial charge in [-0.05, 0) is 58.7 Å². The van der Waals surface area contributed by atoms with Gasteiger partial charge >= 0.3 is 0 Å². The van der Waals surface area contributed by atoms with E-state index < -0.39 is 0 Å². The van der Waals surface area contributed by atoms with Crippen LogP contribution in [0.5, 0.6) is 0 Å². The van der Waals surface area contributed by atoms with Crippen LogP contribution in [0.4, 0.5) is 0 Å². The predicted octanol–water partition coefficient (Wildman–Crippen LogP) is 2.30. The Morgan fingerprint density at radius 2 is 1.84 bits per heavy atom. The summed E-state index contributed by atoms with van der Waals surface area (Å²) in [5, 5.41) is 6.94. The highest BCUT2D eigenvalue weighted by Crippen LogP contribution is 2.23. The van der Waals surface area contributed by atoms with Crippen LogP contribution >= 0.6 is 24.0 Å². The summed E-state index contributed by atoms with van der Waals surface area (Å²) in [6.45, 7) is 4.45. The van der Waals surface area contributed by atoms with Gasteiger partial charge in [-0.2, -0.15) is 0 Å². The Morgan fingerprint density at radius 3 is 2.37 bits per heavy atom. The van der Waals surface area contributed by atoms with Gasteiger partial charge in [0, 0.05) is 19.6 Å². The fourth-order valence-electron chi connectivity index (χ4n) is 2.39. The molecule has 0 radical (unpaired) electrons. The second-order valence-electron chi connectivity index (χ2n) is 5.76. The van der Waals surface area contributed by atoms with Crippen LogP contribution in [0.3, 0.4) is 0 Å². The molecule has 0 spiro atoms. The molecule has 4 nitrogen and oxygen atoms in total. The van der Waals surface area contributed by atoms with Crippen LogP contribution in [-0.4, -0.2) is 51.1 Å². The van der Waals surface area contributed by atoms with Crippen molar-refractivity contribution in [1.29, 1.82) is 0 Å². The van der Waals surface area contributed by atoms with Gasteiger partial charge in [0.05, 0.1) is 0 Å². The first-order chi connectivity index (χ1) is 8.61. The van der Waals surface area contributed by atoms with Crippen LogP contribution in [0.15, 0.2) is 4.99 Å². The molecular formula is C14H31IN4. The average Bonchev–Trinajstić information content (AvgIpc) is 2.35. The first kappa shape index (κ1) is 19.0. The lowest BCUT2D eigenvalue weighted by Gasteiger charge is -2.28. The Labute approximate surface area is 135 Å². The van der Waals surface area contributed by atoms with Crippen molar-refractivity contribution in [3.63, 3.8) is 0 Å². The highest BCUT2D eigenvalue weighted by Gasteiger charge is 2.18. The minimum Gasteiger partial charge on any atom is -0.356 e. The zero-order chi connectivity index (χ0) is 13.4. The molecule has 0 aromatic carbocycles. The molecule has 0 amide bonds. The fourth-order valence-corrected chi connectivity index (χ4v) is 2.39. The molecule has 1 rings (SSSR count). The molecule has 2 N–H and O–H groups in total. The molecule has 0 saturated heterocycles. The van der Waals surface area contributed by atoms with Crippen LogP contribution in [0.1, 0.15) is 39.0 Å². The molecule has 0 bridgehead atoms. The number of guanidine groups is 1. The van der Waals surface area contributed by atoms with Gasteiger partial charge in [-0.3, -0.25) is 4.99 Å². The Bertz CT molecular complexity index is 248. The number of hydrogen-bond acceptors (Lipinski definition) is 2. The van der Waals surface area contributed by atoms with Crippen molar-refractivity contribution >= 4 is 29.9 Å². The van der Waals surface area contributed by atoms with Gasteiger partial charge in [0.15, 0.2) is 5.96 Å². The van der Waals surface area contributed by atoms with E-state index in [2.05, 4.69) is 41.5 Å². The molecule has 1 saturated carbocycles. The van der Waals surface area contributed by atoms with Gasteiger partial charge in [-0.15, -0.1) is 24.0 Å². The van der Waals surface area contributed by atoms with E-state index in [9.17, 15) is 0 Å². The Hall–Kier alpha value is -0.0400. The Kier molecular flexibility index (Phi) is 10.7. The van der Waals surface area contributed by atoms with Crippen LogP contribution in [0, 0.1) is 5.92 Å². The highest BCUT2D eigenvalue weighted by atomic mass is 127. The van der Waals surface area contributed by atoms with Gasteiger partial charge in [-0.1, -0.05) is 6.92 Å². The van der Waals surface area contributed by atoms with Crippen LogP contribution in [-0.2, 0) is 0 Å². The molecule has 1 aliphatic carbocycles. The summed E-state index contributed by atoms with van der Waals surface area (Å²) in [6.07, 6.45) is 6.39. The van der Waals surface area contributed by atoms with Crippen LogP contribution in [0.25, 0.3) is 0 Å². The molecule has 1 fully saturated rings. The quantitative estimate of drug-likeness (QED) is 0.332. The maximum atomic E-state index is 4.30. The predicted molar refractivity (Wildman–Crippen MR) is 94.5 cm³/mol. The van der Waals surface area contributed by atoms with Gasteiger partial charge < -0.3 is 15.5 Å². The van der Waals surface area contributed by atoms with E-state index in [0.29, 0.717) is 6.04 Å². The SMILES string of the molecule is CN=C(NCCCN(C)C)NC1CCC(C)CC1.I. The van der Waals surface area contributed by atoms with E-state index in [1.165, 1.54) is 25.7 Å². The van der Waals surface area contributed by atoms with E-state index in [-0.39, 0.29) is 24.0 Å². The third-order valence-corrected chi connectivity index (χ3v) is 3.65. The minimum atomic E-state index is 0. The monoisotopic (exact) mass is 382 g/mol. The van der Waals surface area contributed by atoms with Crippen molar-refractivity contribution in [2.45, 2.75) is 45.1 Å². The highest BCUT2D eigenvalue weighted by molar-refractivity contribution is 14.0. The van der Waals surface area contributed by atoms with E-state index >= 15 is 0 Å². The second-order valence-corrected chi connectivity index (χ2v) is 5.76. The lowest BCUT2D eigenvalue weighted by molar-refractivity contribution is 0.329. The maximum absolute atomic E-state index is 4.30. The second kappa shape index (κ2) is 10.7. The zero-order valence-corrected chi connectivity index (χ0v) is 15.2. The van der Waals surface area contributed by atoms with Crippen molar-refractivity contribution in [3.05, 3.63) is 0 Å². The third kappa shape index (κ3) is 8.68. The first-order valence-corrected chi connectivity index (χ1v) is 7.23. The number of halogens is 1. The summed E-state index contributed by atoms with van der Waals surface area (Å²) in [5.41, 5.74) is 0. The number of nitrogens with one attached hydrogen (secondary N) is 2. The minimum absolute atomic E-state index is 0. The third-order valence-electron chi connectivity index (χ3n) is 3.65. The van der Waals surface area contributed by atoms with Crippen molar-refractivity contribution in [2.24, 2.45) is 10.9 Å². The zero-order valence-electron chi connectivity index (χ0n) is 12.9. The van der Waals surface area contributed by atoms with Crippen LogP contribution < -0.4 is 10.6 Å².